The third-order valence-corrected chi connectivity index (χ3v) is 3.55. The Morgan fingerprint density at radius 1 is 1.21 bits per heavy atom. The number of hydrogen-bond donors (Lipinski definition) is 1. The summed E-state index contributed by atoms with van der Waals surface area (Å²) in [6.07, 6.45) is 4.21. The van der Waals surface area contributed by atoms with E-state index < -0.39 is 9.84 Å². The van der Waals surface area contributed by atoms with Gasteiger partial charge in [0.1, 0.15) is 0 Å². The molecular weight excluding hydrogens is 264 g/mol. The summed E-state index contributed by atoms with van der Waals surface area (Å²) >= 11 is 0. The van der Waals surface area contributed by atoms with Crippen LogP contribution in [-0.4, -0.2) is 25.6 Å². The van der Waals surface area contributed by atoms with Crippen LogP contribution < -0.4 is 5.32 Å². The number of rotatable bonds is 3. The van der Waals surface area contributed by atoms with Gasteiger partial charge in [-0.15, -0.1) is 0 Å². The molecule has 0 saturated carbocycles. The quantitative estimate of drug-likeness (QED) is 0.926. The van der Waals surface area contributed by atoms with Crippen LogP contribution in [-0.2, 0) is 9.84 Å². The van der Waals surface area contributed by atoms with Gasteiger partial charge in [0.15, 0.2) is 9.84 Å². The second kappa shape index (κ2) is 5.19. The Labute approximate surface area is 111 Å². The Morgan fingerprint density at radius 3 is 2.63 bits per heavy atom. The van der Waals surface area contributed by atoms with Crippen LogP contribution in [0.5, 0.6) is 0 Å². The summed E-state index contributed by atoms with van der Waals surface area (Å²) in [6.45, 7) is 0. The molecule has 2 aromatic rings. The van der Waals surface area contributed by atoms with Crippen molar-refractivity contribution in [3.8, 4) is 0 Å². The first-order valence-corrected chi connectivity index (χ1v) is 7.37. The van der Waals surface area contributed by atoms with Gasteiger partial charge >= 0.3 is 0 Å². The van der Waals surface area contributed by atoms with Crippen molar-refractivity contribution in [2.24, 2.45) is 0 Å². The predicted molar refractivity (Wildman–Crippen MR) is 71.7 cm³/mol. The van der Waals surface area contributed by atoms with Crippen LogP contribution in [0.25, 0.3) is 0 Å². The summed E-state index contributed by atoms with van der Waals surface area (Å²) in [7, 11) is -3.32. The lowest BCUT2D eigenvalue weighted by atomic mass is 10.2. The SMILES string of the molecule is CS(=O)(=O)c1cccc(C(=O)Nc2cccnc2)c1. The minimum absolute atomic E-state index is 0.117. The van der Waals surface area contributed by atoms with E-state index in [2.05, 4.69) is 10.3 Å². The van der Waals surface area contributed by atoms with Gasteiger partial charge in [0.2, 0.25) is 0 Å². The van der Waals surface area contributed by atoms with E-state index >= 15 is 0 Å². The number of benzene rings is 1. The second-order valence-electron chi connectivity index (χ2n) is 4.00. The average Bonchev–Trinajstić information content (AvgIpc) is 2.39. The monoisotopic (exact) mass is 276 g/mol. The first-order chi connectivity index (χ1) is 8.97. The van der Waals surface area contributed by atoms with Gasteiger partial charge < -0.3 is 5.32 Å². The summed E-state index contributed by atoms with van der Waals surface area (Å²) in [5.74, 6) is -0.376. The molecule has 0 atom stereocenters. The highest BCUT2D eigenvalue weighted by Crippen LogP contribution is 2.13. The van der Waals surface area contributed by atoms with Crippen molar-refractivity contribution in [2.75, 3.05) is 11.6 Å². The number of anilines is 1. The molecule has 0 bridgehead atoms. The number of carbonyl (C=O) groups excluding carboxylic acids is 1. The molecular formula is C13H12N2O3S. The number of carbonyl (C=O) groups is 1. The van der Waals surface area contributed by atoms with E-state index in [9.17, 15) is 13.2 Å². The summed E-state index contributed by atoms with van der Waals surface area (Å²) in [4.78, 5) is 16.0. The molecule has 0 saturated heterocycles. The van der Waals surface area contributed by atoms with E-state index in [1.54, 1.807) is 24.4 Å². The fourth-order valence-corrected chi connectivity index (χ4v) is 2.17. The van der Waals surface area contributed by atoms with Gasteiger partial charge in [0, 0.05) is 18.0 Å². The first kappa shape index (κ1) is 13.2. The van der Waals surface area contributed by atoms with Crippen LogP contribution in [0.1, 0.15) is 10.4 Å². The third kappa shape index (κ3) is 3.38. The molecule has 1 N–H and O–H groups in total. The third-order valence-electron chi connectivity index (χ3n) is 2.44. The summed E-state index contributed by atoms with van der Waals surface area (Å²) in [6, 6.07) is 9.29. The number of aromatic nitrogens is 1. The lowest BCUT2D eigenvalue weighted by Crippen LogP contribution is -2.12. The zero-order valence-corrected chi connectivity index (χ0v) is 11.0. The lowest BCUT2D eigenvalue weighted by Gasteiger charge is -2.05. The molecule has 98 valence electrons. The van der Waals surface area contributed by atoms with E-state index in [4.69, 9.17) is 0 Å². The molecule has 6 heteroatoms. The smallest absolute Gasteiger partial charge is 0.255 e. The highest BCUT2D eigenvalue weighted by molar-refractivity contribution is 7.90. The fourth-order valence-electron chi connectivity index (χ4n) is 1.51. The van der Waals surface area contributed by atoms with Crippen LogP contribution >= 0.6 is 0 Å². The zero-order chi connectivity index (χ0) is 13.9. The normalized spacial score (nSPS) is 11.0. The van der Waals surface area contributed by atoms with E-state index in [-0.39, 0.29) is 16.4 Å². The molecule has 1 aromatic heterocycles. The van der Waals surface area contributed by atoms with Crippen LogP contribution in [0.2, 0.25) is 0 Å². The molecule has 0 spiro atoms. The number of pyridine rings is 1. The Morgan fingerprint density at radius 2 is 2.00 bits per heavy atom. The van der Waals surface area contributed by atoms with Gasteiger partial charge in [-0.2, -0.15) is 0 Å². The number of nitrogens with zero attached hydrogens (tertiary/aromatic N) is 1. The summed E-state index contributed by atoms with van der Waals surface area (Å²) in [5.41, 5.74) is 0.837. The zero-order valence-electron chi connectivity index (χ0n) is 10.2. The van der Waals surface area contributed by atoms with E-state index in [1.807, 2.05) is 0 Å². The molecule has 0 aliphatic carbocycles. The van der Waals surface area contributed by atoms with Crippen LogP contribution in [0.3, 0.4) is 0 Å². The number of amides is 1. The molecule has 1 aromatic carbocycles. The van der Waals surface area contributed by atoms with Crippen molar-refractivity contribution in [1.82, 2.24) is 4.98 Å². The van der Waals surface area contributed by atoms with Gasteiger partial charge in [-0.25, -0.2) is 8.42 Å². The van der Waals surface area contributed by atoms with E-state index in [0.29, 0.717) is 5.69 Å². The molecule has 1 amide bonds. The summed E-state index contributed by atoms with van der Waals surface area (Å²) < 4.78 is 22.8. The van der Waals surface area contributed by atoms with Crippen molar-refractivity contribution < 1.29 is 13.2 Å². The number of sulfone groups is 1. The Bertz CT molecular complexity index is 697. The highest BCUT2D eigenvalue weighted by Gasteiger charge is 2.11. The van der Waals surface area contributed by atoms with E-state index in [0.717, 1.165) is 6.26 Å². The van der Waals surface area contributed by atoms with Crippen LogP contribution in [0.4, 0.5) is 5.69 Å². The average molecular weight is 276 g/mol. The maximum atomic E-state index is 12.0. The van der Waals surface area contributed by atoms with Crippen molar-refractivity contribution in [1.29, 1.82) is 0 Å². The van der Waals surface area contributed by atoms with Crippen molar-refractivity contribution in [3.63, 3.8) is 0 Å². The fraction of sp³-hybridized carbons (Fsp3) is 0.0769. The Kier molecular flexibility index (Phi) is 3.62. The van der Waals surface area contributed by atoms with E-state index in [1.165, 1.54) is 24.4 Å². The van der Waals surface area contributed by atoms with Gasteiger partial charge in [-0.05, 0) is 30.3 Å². The standard InChI is InChI=1S/C13H12N2O3S/c1-19(17,18)12-6-2-4-10(8-12)13(16)15-11-5-3-7-14-9-11/h2-9H,1H3,(H,15,16). The largest absolute Gasteiger partial charge is 0.321 e. The molecule has 5 nitrogen and oxygen atoms in total. The highest BCUT2D eigenvalue weighted by atomic mass is 32.2. The van der Waals surface area contributed by atoms with Crippen LogP contribution in [0, 0.1) is 0 Å². The summed E-state index contributed by atoms with van der Waals surface area (Å²) in [5, 5.41) is 2.64. The minimum Gasteiger partial charge on any atom is -0.321 e. The maximum Gasteiger partial charge on any atom is 0.255 e. The molecule has 2 rings (SSSR count). The maximum absolute atomic E-state index is 12.0. The number of nitrogens with one attached hydrogen (secondary N) is 1. The van der Waals surface area contributed by atoms with Crippen molar-refractivity contribution >= 4 is 21.4 Å². The topological polar surface area (TPSA) is 76.1 Å². The molecule has 19 heavy (non-hydrogen) atoms. The first-order valence-electron chi connectivity index (χ1n) is 5.48. The number of hydrogen-bond acceptors (Lipinski definition) is 4. The van der Waals surface area contributed by atoms with Crippen molar-refractivity contribution in [3.05, 3.63) is 54.4 Å². The van der Waals surface area contributed by atoms with Crippen LogP contribution in [0.15, 0.2) is 53.7 Å². The Balaban J connectivity index is 2.25. The lowest BCUT2D eigenvalue weighted by molar-refractivity contribution is 0.102. The van der Waals surface area contributed by atoms with Crippen molar-refractivity contribution in [2.45, 2.75) is 4.90 Å². The van der Waals surface area contributed by atoms with Gasteiger partial charge in [0.25, 0.3) is 5.91 Å². The molecule has 0 aliphatic heterocycles. The molecule has 0 radical (unpaired) electrons. The second-order valence-corrected chi connectivity index (χ2v) is 6.01. The minimum atomic E-state index is -3.32. The van der Waals surface area contributed by atoms with Gasteiger partial charge in [-0.1, -0.05) is 6.07 Å². The van der Waals surface area contributed by atoms with Gasteiger partial charge in [0.05, 0.1) is 16.8 Å². The molecule has 0 fully saturated rings. The molecule has 0 unspecified atom stereocenters. The molecule has 1 heterocycles. The molecule has 0 aliphatic rings. The predicted octanol–water partition coefficient (Wildman–Crippen LogP) is 1.74. The Hall–Kier alpha value is -2.21. The van der Waals surface area contributed by atoms with Gasteiger partial charge in [-0.3, -0.25) is 9.78 Å².